The normalized spacial score (nSPS) is 16.9. The van der Waals surface area contributed by atoms with Crippen molar-refractivity contribution >= 4 is 58.3 Å². The molecule has 2 N–H and O–H groups in total. The van der Waals surface area contributed by atoms with Crippen molar-refractivity contribution in [3.63, 3.8) is 0 Å². The van der Waals surface area contributed by atoms with E-state index in [0.29, 0.717) is 73.8 Å². The average Bonchev–Trinajstić information content (AvgIpc) is 3.77. The Bertz CT molecular complexity index is 1960. The fourth-order valence-electron chi connectivity index (χ4n) is 7.82. The third-order valence-corrected chi connectivity index (χ3v) is 11.6. The number of fused-ring (bicyclic) bond motifs is 2. The number of aryl methyl sites for hydroxylation is 2. The molecule has 1 aromatic heterocycles. The first-order valence-electron chi connectivity index (χ1n) is 20.7. The number of hydroxylamine groups is 2. The number of allylic oxidation sites excluding steroid dienone is 2. The summed E-state index contributed by atoms with van der Waals surface area (Å²) in [5, 5.41) is 2.96. The quantitative estimate of drug-likeness (QED) is 0.0477. The van der Waals surface area contributed by atoms with Crippen molar-refractivity contribution in [2.45, 2.75) is 116 Å². The number of imide groups is 1. The number of rotatable bonds is 25. The van der Waals surface area contributed by atoms with E-state index < -0.39 is 58.4 Å². The summed E-state index contributed by atoms with van der Waals surface area (Å²) in [6.45, 7) is 1.39. The van der Waals surface area contributed by atoms with E-state index in [9.17, 15) is 36.9 Å². The van der Waals surface area contributed by atoms with E-state index in [-0.39, 0.29) is 44.2 Å². The first-order chi connectivity index (χ1) is 27.6. The Balaban J connectivity index is 1.32. The van der Waals surface area contributed by atoms with Gasteiger partial charge in [0.05, 0.1) is 27.7 Å². The molecule has 328 valence electrons. The number of Topliss-reactive ketones (excluding diaryl/α,β-unsaturated/α-hetero) is 1. The molecule has 0 radical (unpaired) electrons. The second kappa shape index (κ2) is 20.5. The summed E-state index contributed by atoms with van der Waals surface area (Å²) in [5.74, 6) is -4.03. The smallest absolute Gasteiger partial charge is 0.394 e. The van der Waals surface area contributed by atoms with Crippen LogP contribution in [0.15, 0.2) is 23.4 Å². The number of aromatic nitrogens is 1. The monoisotopic (exact) mass is 851 g/mol. The maximum absolute atomic E-state index is 16.7. The summed E-state index contributed by atoms with van der Waals surface area (Å²) in [5.41, 5.74) is 3.29. The first kappa shape index (κ1) is 47.6. The molecule has 3 aliphatic heterocycles. The standard InChI is InChI=1S/C40H61BF2N6O9S/c1-7-8-14-31-26-32(47-35(31)27-34-30(15-13-24-49(4,5)6)25-29(2)46(34)41(47,42)43)18-19-37(51)44-33(28-59(55,56)57)36(50)16-12-23-45(3)22-11-9-10-17-40(54)58-48-38(52)20-21-39(48)53/h25-27,33H,7-24,28H2,1-6H3,(H-,44,51,55,56,57)/p+1. The molecule has 59 heavy (non-hydrogen) atoms. The lowest BCUT2D eigenvalue weighted by Crippen LogP contribution is -2.51. The van der Waals surface area contributed by atoms with E-state index in [4.69, 9.17) is 4.84 Å². The van der Waals surface area contributed by atoms with Gasteiger partial charge in [0.2, 0.25) is 5.91 Å². The molecule has 0 aliphatic carbocycles. The summed E-state index contributed by atoms with van der Waals surface area (Å²) in [4.78, 5) is 68.4. The second-order valence-corrected chi connectivity index (χ2v) is 18.5. The molecule has 1 unspecified atom stereocenters. The third-order valence-electron chi connectivity index (χ3n) is 10.9. The van der Waals surface area contributed by atoms with Gasteiger partial charge in [-0.05, 0) is 82.9 Å². The second-order valence-electron chi connectivity index (χ2n) is 17.0. The number of halogens is 2. The van der Waals surface area contributed by atoms with Gasteiger partial charge in [0, 0.05) is 68.4 Å². The molecule has 3 aliphatic rings. The van der Waals surface area contributed by atoms with Crippen LogP contribution in [-0.2, 0) is 45.3 Å². The van der Waals surface area contributed by atoms with Gasteiger partial charge in [-0.15, -0.1) is 5.06 Å². The summed E-state index contributed by atoms with van der Waals surface area (Å²) >= 11 is 0. The van der Waals surface area contributed by atoms with Gasteiger partial charge in [0.25, 0.3) is 21.9 Å². The van der Waals surface area contributed by atoms with Gasteiger partial charge < -0.3 is 37.1 Å². The number of unbranched alkanes of at least 4 members (excludes halogenated alkanes) is 3. The van der Waals surface area contributed by atoms with Crippen molar-refractivity contribution in [3.8, 4) is 0 Å². The Morgan fingerprint density at radius 3 is 2.29 bits per heavy atom. The molecule has 0 bridgehead atoms. The van der Waals surface area contributed by atoms with Crippen LogP contribution in [0.1, 0.15) is 114 Å². The van der Waals surface area contributed by atoms with Crippen LogP contribution >= 0.6 is 0 Å². The van der Waals surface area contributed by atoms with Crippen molar-refractivity contribution in [1.29, 1.82) is 0 Å². The molecular formula is C40H62BF2N6O9S+. The number of hydrogen-bond donors (Lipinski definition) is 2. The molecule has 15 nitrogen and oxygen atoms in total. The van der Waals surface area contributed by atoms with Crippen molar-refractivity contribution in [2.75, 3.05) is 53.6 Å². The molecule has 0 saturated carbocycles. The minimum Gasteiger partial charge on any atom is -0.394 e. The van der Waals surface area contributed by atoms with E-state index in [0.717, 1.165) is 50.4 Å². The topological polar surface area (TPSA) is 175 Å². The number of amides is 3. The van der Waals surface area contributed by atoms with Crippen molar-refractivity contribution in [2.24, 2.45) is 0 Å². The van der Waals surface area contributed by atoms with E-state index in [1.807, 2.05) is 31.0 Å². The zero-order valence-corrected chi connectivity index (χ0v) is 36.3. The summed E-state index contributed by atoms with van der Waals surface area (Å²) in [7, 11) is 3.47. The molecular weight excluding hydrogens is 789 g/mol. The highest BCUT2D eigenvalue weighted by Crippen LogP contribution is 2.39. The van der Waals surface area contributed by atoms with Crippen LogP contribution in [-0.4, -0.2) is 138 Å². The van der Waals surface area contributed by atoms with Crippen LogP contribution in [0.2, 0.25) is 0 Å². The lowest BCUT2D eigenvalue weighted by atomic mass is 9.88. The largest absolute Gasteiger partial charge is 0.737 e. The molecule has 0 spiro atoms. The highest BCUT2D eigenvalue weighted by Gasteiger charge is 2.54. The molecule has 1 saturated heterocycles. The molecule has 3 amide bonds. The van der Waals surface area contributed by atoms with Crippen LogP contribution < -0.4 is 5.32 Å². The Morgan fingerprint density at radius 1 is 0.966 bits per heavy atom. The lowest BCUT2D eigenvalue weighted by Gasteiger charge is -2.31. The molecule has 1 atom stereocenters. The number of carbonyl (C=O) groups excluding carboxylic acids is 5. The fraction of sp³-hybridized carbons (Fsp3) is 0.650. The van der Waals surface area contributed by atoms with Gasteiger partial charge in [0.15, 0.2) is 11.5 Å². The molecule has 1 aromatic rings. The molecule has 0 aromatic carbocycles. The number of ketones is 1. The highest BCUT2D eigenvalue weighted by molar-refractivity contribution is 7.85. The van der Waals surface area contributed by atoms with Crippen LogP contribution in [0.4, 0.5) is 8.63 Å². The third kappa shape index (κ3) is 13.5. The summed E-state index contributed by atoms with van der Waals surface area (Å²) in [6.07, 6.45) is 9.14. The van der Waals surface area contributed by atoms with Gasteiger partial charge in [-0.1, -0.05) is 19.8 Å². The Morgan fingerprint density at radius 2 is 1.64 bits per heavy atom. The minimum atomic E-state index is -4.66. The number of hydrogen-bond acceptors (Lipinski definition) is 9. The van der Waals surface area contributed by atoms with Crippen LogP contribution in [0, 0.1) is 6.92 Å². The summed E-state index contributed by atoms with van der Waals surface area (Å²) < 4.78 is 69.6. The Hall–Kier alpha value is -4.07. The summed E-state index contributed by atoms with van der Waals surface area (Å²) in [6, 6.07) is 0.319. The van der Waals surface area contributed by atoms with E-state index in [2.05, 4.69) is 26.5 Å². The first-order valence-corrected chi connectivity index (χ1v) is 22.4. The predicted octanol–water partition coefficient (Wildman–Crippen LogP) is 4.20. The average molecular weight is 852 g/mol. The van der Waals surface area contributed by atoms with Gasteiger partial charge in [-0.3, -0.25) is 23.7 Å². The minimum absolute atomic E-state index is 0.0245. The molecule has 19 heteroatoms. The van der Waals surface area contributed by atoms with Crippen LogP contribution in [0.3, 0.4) is 0 Å². The van der Waals surface area contributed by atoms with E-state index in [1.165, 1.54) is 0 Å². The number of carbonyl (C=O) groups is 5. The van der Waals surface area contributed by atoms with Gasteiger partial charge >= 0.3 is 12.9 Å². The van der Waals surface area contributed by atoms with E-state index >= 15 is 8.63 Å². The van der Waals surface area contributed by atoms with E-state index in [1.54, 1.807) is 13.0 Å². The van der Waals surface area contributed by atoms with Crippen molar-refractivity contribution in [3.05, 3.63) is 40.4 Å². The highest BCUT2D eigenvalue weighted by atomic mass is 32.2. The zero-order valence-electron chi connectivity index (χ0n) is 35.4. The number of quaternary nitrogens is 1. The Labute approximate surface area is 346 Å². The fourth-order valence-corrected chi connectivity index (χ4v) is 8.51. The zero-order chi connectivity index (χ0) is 43.7. The van der Waals surface area contributed by atoms with Crippen LogP contribution in [0.25, 0.3) is 6.08 Å². The maximum atomic E-state index is 16.7. The van der Waals surface area contributed by atoms with Gasteiger partial charge in [-0.25, -0.2) is 4.79 Å². The SMILES string of the molecule is CCCCC1=CC(CCC(=O)NC(CS(=O)(=O)O)C(=O)CCCN(C)CCCCCC(=O)ON2C(=O)CCC2=O)=[N+]2C1=Cc1c(CCC[N+](C)(C)C)cc(C)n1[B-]2(F)F. The number of nitrogens with one attached hydrogen (secondary N) is 1. The van der Waals surface area contributed by atoms with Crippen LogP contribution in [0.5, 0.6) is 0 Å². The molecule has 4 rings (SSSR count). The van der Waals surface area contributed by atoms with Crippen molar-refractivity contribution in [1.82, 2.24) is 19.8 Å². The van der Waals surface area contributed by atoms with Gasteiger partial charge in [-0.2, -0.15) is 8.42 Å². The lowest BCUT2D eigenvalue weighted by molar-refractivity contribution is -0.870. The molecule has 1 fully saturated rings. The maximum Gasteiger partial charge on any atom is 0.737 e. The van der Waals surface area contributed by atoms with Gasteiger partial charge in [0.1, 0.15) is 17.5 Å². The number of nitrogens with zero attached hydrogens (tertiary/aromatic N) is 5. The Kier molecular flexibility index (Phi) is 16.5. The van der Waals surface area contributed by atoms with Crippen molar-refractivity contribution < 1.29 is 59.4 Å². The molecule has 4 heterocycles. The predicted molar refractivity (Wildman–Crippen MR) is 220 cm³/mol.